The minimum Gasteiger partial charge on any atom is -0.462 e. The Labute approximate surface area is 216 Å². The molecule has 0 fully saturated rings. The van der Waals surface area contributed by atoms with E-state index in [9.17, 15) is 14.4 Å². The summed E-state index contributed by atoms with van der Waals surface area (Å²) in [4.78, 5) is 36.9. The van der Waals surface area contributed by atoms with Crippen molar-refractivity contribution in [2.75, 3.05) is 17.7 Å². The number of aromatic nitrogens is 3. The highest BCUT2D eigenvalue weighted by molar-refractivity contribution is 7.99. The number of halogens is 2. The molecule has 0 aliphatic carbocycles. The topological polar surface area (TPSA) is 115 Å². The Morgan fingerprint density at radius 2 is 1.91 bits per heavy atom. The molecule has 1 heterocycles. The van der Waals surface area contributed by atoms with Gasteiger partial charge < -0.3 is 19.9 Å². The highest BCUT2D eigenvalue weighted by Crippen LogP contribution is 2.23. The lowest BCUT2D eigenvalue weighted by molar-refractivity contribution is -0.113. The molecule has 0 unspecified atom stereocenters. The van der Waals surface area contributed by atoms with E-state index in [1.807, 2.05) is 0 Å². The number of ether oxygens (including phenoxy) is 1. The summed E-state index contributed by atoms with van der Waals surface area (Å²) in [5, 5.41) is 15.0. The van der Waals surface area contributed by atoms with Crippen LogP contribution in [0, 0.1) is 0 Å². The van der Waals surface area contributed by atoms with Crippen molar-refractivity contribution in [2.45, 2.75) is 25.0 Å². The third kappa shape index (κ3) is 6.97. The number of hydrogen-bond donors (Lipinski definition) is 2. The van der Waals surface area contributed by atoms with Gasteiger partial charge in [-0.05, 0) is 50.2 Å². The molecular formula is C23H23Cl2N5O4S. The first kappa shape index (κ1) is 26.5. The predicted octanol–water partition coefficient (Wildman–Crippen LogP) is 4.52. The van der Waals surface area contributed by atoms with E-state index >= 15 is 0 Å². The molecule has 9 nitrogen and oxygen atoms in total. The van der Waals surface area contributed by atoms with Crippen LogP contribution in [0.3, 0.4) is 0 Å². The molecule has 2 N–H and O–H groups in total. The molecule has 0 bridgehead atoms. The fraction of sp³-hybridized carbons (Fsp3) is 0.261. The second-order valence-electron chi connectivity index (χ2n) is 7.36. The number of nitrogens with zero attached hydrogens (tertiary/aromatic N) is 3. The molecule has 0 radical (unpaired) electrons. The van der Waals surface area contributed by atoms with E-state index in [0.717, 1.165) is 0 Å². The Morgan fingerprint density at radius 3 is 2.63 bits per heavy atom. The van der Waals surface area contributed by atoms with Gasteiger partial charge in [-0.1, -0.05) is 41.0 Å². The van der Waals surface area contributed by atoms with Crippen molar-refractivity contribution in [3.05, 3.63) is 69.5 Å². The van der Waals surface area contributed by atoms with Crippen LogP contribution in [0.2, 0.25) is 10.0 Å². The number of hydrogen-bond acceptors (Lipinski definition) is 7. The van der Waals surface area contributed by atoms with Crippen LogP contribution >= 0.6 is 35.0 Å². The Morgan fingerprint density at radius 1 is 1.14 bits per heavy atom. The van der Waals surface area contributed by atoms with Gasteiger partial charge in [0.2, 0.25) is 5.91 Å². The molecule has 0 aliphatic heterocycles. The van der Waals surface area contributed by atoms with E-state index in [1.165, 1.54) is 17.8 Å². The zero-order chi connectivity index (χ0) is 25.5. The third-order valence-electron chi connectivity index (χ3n) is 4.77. The summed E-state index contributed by atoms with van der Waals surface area (Å²) in [6.45, 7) is 3.76. The fourth-order valence-electron chi connectivity index (χ4n) is 3.11. The molecule has 3 rings (SSSR count). The van der Waals surface area contributed by atoms with Crippen molar-refractivity contribution < 1.29 is 19.1 Å². The third-order valence-corrected chi connectivity index (χ3v) is 6.34. The zero-order valence-electron chi connectivity index (χ0n) is 19.2. The lowest BCUT2D eigenvalue weighted by atomic mass is 10.2. The van der Waals surface area contributed by atoms with Gasteiger partial charge in [0.05, 0.1) is 34.6 Å². The summed E-state index contributed by atoms with van der Waals surface area (Å²) < 4.78 is 6.68. The van der Waals surface area contributed by atoms with E-state index in [2.05, 4.69) is 20.8 Å². The molecule has 3 aromatic rings. The van der Waals surface area contributed by atoms with Crippen LogP contribution in [0.15, 0.2) is 47.6 Å². The van der Waals surface area contributed by atoms with Gasteiger partial charge >= 0.3 is 5.97 Å². The molecule has 0 aliphatic rings. The Hall–Kier alpha value is -3.08. The normalized spacial score (nSPS) is 11.6. The van der Waals surface area contributed by atoms with Gasteiger partial charge in [-0.3, -0.25) is 9.59 Å². The Bertz CT molecular complexity index is 1250. The average molecular weight is 536 g/mol. The quantitative estimate of drug-likeness (QED) is 0.305. The van der Waals surface area contributed by atoms with E-state index < -0.39 is 12.0 Å². The highest BCUT2D eigenvalue weighted by Gasteiger charge is 2.20. The molecule has 0 saturated carbocycles. The molecule has 1 aromatic heterocycles. The van der Waals surface area contributed by atoms with Crippen molar-refractivity contribution >= 4 is 58.4 Å². The van der Waals surface area contributed by atoms with Gasteiger partial charge in [0.1, 0.15) is 0 Å². The van der Waals surface area contributed by atoms with Gasteiger partial charge in [0.15, 0.2) is 11.0 Å². The fourth-order valence-corrected chi connectivity index (χ4v) is 4.32. The summed E-state index contributed by atoms with van der Waals surface area (Å²) in [5.41, 5.74) is 1.13. The lowest BCUT2D eigenvalue weighted by Crippen LogP contribution is -2.28. The maximum atomic E-state index is 12.6. The molecule has 0 spiro atoms. The van der Waals surface area contributed by atoms with Crippen LogP contribution in [0.1, 0.15) is 46.4 Å². The van der Waals surface area contributed by atoms with Crippen molar-refractivity contribution in [3.63, 3.8) is 0 Å². The number of esters is 1. The van der Waals surface area contributed by atoms with Gasteiger partial charge in [-0.15, -0.1) is 10.2 Å². The lowest BCUT2D eigenvalue weighted by Gasteiger charge is -2.14. The summed E-state index contributed by atoms with van der Waals surface area (Å²) in [7, 11) is 1.75. The van der Waals surface area contributed by atoms with Crippen molar-refractivity contribution in [3.8, 4) is 0 Å². The van der Waals surface area contributed by atoms with Crippen molar-refractivity contribution in [2.24, 2.45) is 7.05 Å². The number of anilines is 1. The van der Waals surface area contributed by atoms with Gasteiger partial charge in [-0.25, -0.2) is 4.79 Å². The maximum absolute atomic E-state index is 12.6. The van der Waals surface area contributed by atoms with Crippen molar-refractivity contribution in [1.82, 2.24) is 20.1 Å². The minimum atomic E-state index is -0.472. The summed E-state index contributed by atoms with van der Waals surface area (Å²) in [5.74, 6) is -0.533. The number of thioether (sulfide) groups is 1. The SMILES string of the molecule is CCOC(=O)c1cccc(NC(=O)CSc2nnc([C@@H](C)NC(=O)c3ccc(Cl)cc3Cl)n2C)c1. The summed E-state index contributed by atoms with van der Waals surface area (Å²) in [6.07, 6.45) is 0. The zero-order valence-corrected chi connectivity index (χ0v) is 21.5. The molecule has 35 heavy (non-hydrogen) atoms. The van der Waals surface area contributed by atoms with E-state index in [1.54, 1.807) is 61.9 Å². The number of benzene rings is 2. The molecule has 12 heteroatoms. The van der Waals surface area contributed by atoms with Crippen LogP contribution in [0.5, 0.6) is 0 Å². The first-order valence-corrected chi connectivity index (χ1v) is 12.3. The van der Waals surface area contributed by atoms with Crippen LogP contribution < -0.4 is 10.6 Å². The Balaban J connectivity index is 1.58. The largest absolute Gasteiger partial charge is 0.462 e. The van der Waals surface area contributed by atoms with E-state index in [4.69, 9.17) is 27.9 Å². The number of carbonyl (C=O) groups excluding carboxylic acids is 3. The Kier molecular flexibility index (Phi) is 9.13. The summed E-state index contributed by atoms with van der Waals surface area (Å²) >= 11 is 13.2. The molecule has 0 saturated heterocycles. The van der Waals surface area contributed by atoms with E-state index in [0.29, 0.717) is 32.8 Å². The summed E-state index contributed by atoms with van der Waals surface area (Å²) in [6, 6.07) is 10.7. The molecule has 2 aromatic carbocycles. The predicted molar refractivity (Wildman–Crippen MR) is 135 cm³/mol. The molecule has 184 valence electrons. The number of rotatable bonds is 9. The van der Waals surface area contributed by atoms with Crippen molar-refractivity contribution in [1.29, 1.82) is 0 Å². The minimum absolute atomic E-state index is 0.0662. The second-order valence-corrected chi connectivity index (χ2v) is 9.14. The van der Waals surface area contributed by atoms with Crippen LogP contribution in [0.4, 0.5) is 5.69 Å². The average Bonchev–Trinajstić information content (AvgIpc) is 3.18. The molecule has 1 atom stereocenters. The standard InChI is InChI=1S/C23H23Cl2N5O4S/c1-4-34-22(33)14-6-5-7-16(10-14)27-19(31)12-35-23-29-28-20(30(23)3)13(2)26-21(32)17-9-8-15(24)11-18(17)25/h5-11,13H,4,12H2,1-3H3,(H,26,32)(H,27,31)/t13-/m1/s1. The van der Waals surface area contributed by atoms with Crippen LogP contribution in [-0.2, 0) is 16.6 Å². The van der Waals surface area contributed by atoms with Crippen LogP contribution in [-0.4, -0.2) is 44.9 Å². The van der Waals surface area contributed by atoms with Gasteiger partial charge in [0, 0.05) is 17.8 Å². The van der Waals surface area contributed by atoms with E-state index in [-0.39, 0.29) is 29.2 Å². The highest BCUT2D eigenvalue weighted by atomic mass is 35.5. The molecular weight excluding hydrogens is 513 g/mol. The number of nitrogens with one attached hydrogen (secondary N) is 2. The molecule has 2 amide bonds. The first-order valence-electron chi connectivity index (χ1n) is 10.5. The number of carbonyl (C=O) groups is 3. The first-order chi connectivity index (χ1) is 16.7. The monoisotopic (exact) mass is 535 g/mol. The van der Waals surface area contributed by atoms with Gasteiger partial charge in [0.25, 0.3) is 5.91 Å². The smallest absolute Gasteiger partial charge is 0.338 e. The second kappa shape index (κ2) is 12.1. The van der Waals surface area contributed by atoms with Gasteiger partial charge in [-0.2, -0.15) is 0 Å². The van der Waals surface area contributed by atoms with Crippen LogP contribution in [0.25, 0.3) is 0 Å². The maximum Gasteiger partial charge on any atom is 0.338 e. The number of amides is 2.